The number of hydrogen-bond donors (Lipinski definition) is 2. The van der Waals surface area contributed by atoms with Gasteiger partial charge in [0, 0.05) is 46.4 Å². The third-order valence-electron chi connectivity index (χ3n) is 6.18. The van der Waals surface area contributed by atoms with E-state index in [1.54, 1.807) is 4.90 Å². The molecule has 0 spiro atoms. The molecule has 0 aliphatic carbocycles. The van der Waals surface area contributed by atoms with Crippen LogP contribution in [0.15, 0.2) is 89.5 Å². The third kappa shape index (κ3) is 6.55. The number of amides is 3. The summed E-state index contributed by atoms with van der Waals surface area (Å²) in [5.74, 6) is -0.0849. The number of aromatic nitrogens is 1. The summed E-state index contributed by atoms with van der Waals surface area (Å²) in [6, 6.07) is 25.1. The van der Waals surface area contributed by atoms with Gasteiger partial charge in [0.15, 0.2) is 0 Å². The number of urea groups is 1. The Bertz CT molecular complexity index is 1300. The maximum absolute atomic E-state index is 13.6. The number of hydrogen-bond acceptors (Lipinski definition) is 2. The molecule has 4 rings (SSSR count). The molecule has 186 valence electrons. The smallest absolute Gasteiger partial charge is 0.322 e. The number of carbonyl (C=O) groups is 2. The van der Waals surface area contributed by atoms with Crippen LogP contribution in [0.3, 0.4) is 0 Å². The van der Waals surface area contributed by atoms with E-state index in [-0.39, 0.29) is 24.5 Å². The zero-order valence-corrected chi connectivity index (χ0v) is 22.2. The largest absolute Gasteiger partial charge is 0.361 e. The van der Waals surface area contributed by atoms with Gasteiger partial charge in [0.05, 0.1) is 0 Å². The summed E-state index contributed by atoms with van der Waals surface area (Å²) in [6.07, 6.45) is 2.73. The lowest BCUT2D eigenvalue weighted by Crippen LogP contribution is -2.47. The van der Waals surface area contributed by atoms with Crippen molar-refractivity contribution in [1.29, 1.82) is 0 Å². The van der Waals surface area contributed by atoms with Crippen molar-refractivity contribution in [2.75, 3.05) is 18.4 Å². The quantitative estimate of drug-likeness (QED) is 0.253. The van der Waals surface area contributed by atoms with Gasteiger partial charge in [-0.3, -0.25) is 4.79 Å². The van der Waals surface area contributed by atoms with Crippen molar-refractivity contribution < 1.29 is 9.59 Å². The van der Waals surface area contributed by atoms with Crippen LogP contribution in [0, 0.1) is 0 Å². The Morgan fingerprint density at radius 1 is 0.944 bits per heavy atom. The van der Waals surface area contributed by atoms with Crippen LogP contribution in [0.4, 0.5) is 10.5 Å². The molecule has 4 aromatic rings. The van der Waals surface area contributed by atoms with Crippen molar-refractivity contribution in [3.8, 4) is 0 Å². The first-order chi connectivity index (χ1) is 17.4. The van der Waals surface area contributed by atoms with Crippen molar-refractivity contribution >= 4 is 44.5 Å². The zero-order valence-electron chi connectivity index (χ0n) is 20.6. The Morgan fingerprint density at radius 3 is 2.36 bits per heavy atom. The van der Waals surface area contributed by atoms with Crippen molar-refractivity contribution in [3.63, 3.8) is 0 Å². The first-order valence-corrected chi connectivity index (χ1v) is 12.9. The summed E-state index contributed by atoms with van der Waals surface area (Å²) in [4.78, 5) is 33.4. The van der Waals surface area contributed by atoms with Gasteiger partial charge < -0.3 is 20.1 Å². The number of halogens is 1. The molecule has 0 saturated heterocycles. The molecular formula is C29H31BrN4O2. The number of fused-ring (bicyclic) bond motifs is 1. The van der Waals surface area contributed by atoms with E-state index in [9.17, 15) is 9.59 Å². The molecule has 3 aromatic carbocycles. The fourth-order valence-electron chi connectivity index (χ4n) is 4.15. The second-order valence-corrected chi connectivity index (χ2v) is 9.98. The molecule has 3 amide bonds. The number of para-hydroxylation sites is 1. The number of anilines is 1. The monoisotopic (exact) mass is 546 g/mol. The highest BCUT2D eigenvalue weighted by Crippen LogP contribution is 2.19. The average Bonchev–Trinajstić information content (AvgIpc) is 3.29. The summed E-state index contributed by atoms with van der Waals surface area (Å²) in [7, 11) is 0. The normalized spacial score (nSPS) is 11.0. The molecule has 0 bridgehead atoms. The van der Waals surface area contributed by atoms with Crippen LogP contribution in [0.2, 0.25) is 0 Å². The predicted octanol–water partition coefficient (Wildman–Crippen LogP) is 6.44. The molecule has 6 nitrogen and oxygen atoms in total. The third-order valence-corrected chi connectivity index (χ3v) is 6.71. The summed E-state index contributed by atoms with van der Waals surface area (Å²) in [6.45, 7) is 4.88. The molecule has 0 atom stereocenters. The van der Waals surface area contributed by atoms with E-state index in [1.165, 1.54) is 10.9 Å². The van der Waals surface area contributed by atoms with Crippen LogP contribution in [0.5, 0.6) is 0 Å². The number of carbonyl (C=O) groups excluding carboxylic acids is 2. The lowest BCUT2D eigenvalue weighted by Gasteiger charge is -2.30. The minimum absolute atomic E-state index is 0.000740. The molecule has 0 unspecified atom stereocenters. The fourth-order valence-corrected chi connectivity index (χ4v) is 4.42. The molecule has 0 saturated carbocycles. The molecule has 2 N–H and O–H groups in total. The minimum atomic E-state index is -0.294. The van der Waals surface area contributed by atoms with Crippen LogP contribution in [-0.4, -0.2) is 45.9 Å². The van der Waals surface area contributed by atoms with E-state index in [2.05, 4.69) is 38.4 Å². The Hall–Kier alpha value is -3.58. The van der Waals surface area contributed by atoms with Crippen molar-refractivity contribution in [2.24, 2.45) is 0 Å². The Morgan fingerprint density at radius 2 is 1.64 bits per heavy atom. The van der Waals surface area contributed by atoms with E-state index in [0.29, 0.717) is 18.8 Å². The number of aromatic amines is 1. The van der Waals surface area contributed by atoms with Gasteiger partial charge in [0.1, 0.15) is 6.54 Å². The van der Waals surface area contributed by atoms with Gasteiger partial charge in [-0.1, -0.05) is 64.5 Å². The van der Waals surface area contributed by atoms with Gasteiger partial charge in [-0.2, -0.15) is 0 Å². The van der Waals surface area contributed by atoms with E-state index in [1.807, 2.05) is 91.7 Å². The van der Waals surface area contributed by atoms with Crippen LogP contribution in [0.25, 0.3) is 10.9 Å². The van der Waals surface area contributed by atoms with Gasteiger partial charge >= 0.3 is 6.03 Å². The lowest BCUT2D eigenvalue weighted by atomic mass is 10.1. The highest BCUT2D eigenvalue weighted by Gasteiger charge is 2.24. The van der Waals surface area contributed by atoms with Gasteiger partial charge in [-0.15, -0.1) is 0 Å². The SMILES string of the molecule is CC(C)N(CC(=O)N(CCc1c[nH]c2ccccc12)Cc1ccccc1)C(=O)Nc1ccc(Br)cc1. The first-order valence-electron chi connectivity index (χ1n) is 12.1. The summed E-state index contributed by atoms with van der Waals surface area (Å²) in [5.41, 5.74) is 4.00. The standard InChI is InChI=1S/C29H31BrN4O2/c1-21(2)34(29(36)32-25-14-12-24(30)13-15-25)20-28(35)33(19-22-8-4-3-5-9-22)17-16-23-18-31-27-11-7-6-10-26(23)27/h3-15,18,21,31H,16-17,19-20H2,1-2H3,(H,32,36). The Kier molecular flexibility index (Phi) is 8.44. The molecule has 7 heteroatoms. The van der Waals surface area contributed by atoms with Gasteiger partial charge in [-0.25, -0.2) is 4.79 Å². The molecule has 0 aliphatic heterocycles. The number of nitrogens with one attached hydrogen (secondary N) is 2. The maximum atomic E-state index is 13.6. The molecule has 0 aliphatic rings. The van der Waals surface area contributed by atoms with Gasteiger partial charge in [0.2, 0.25) is 5.91 Å². The van der Waals surface area contributed by atoms with Crippen LogP contribution in [-0.2, 0) is 17.8 Å². The number of H-pyrrole nitrogens is 1. The highest BCUT2D eigenvalue weighted by atomic mass is 79.9. The number of benzene rings is 3. The molecule has 0 fully saturated rings. The highest BCUT2D eigenvalue weighted by molar-refractivity contribution is 9.10. The van der Waals surface area contributed by atoms with E-state index in [4.69, 9.17) is 0 Å². The summed E-state index contributed by atoms with van der Waals surface area (Å²) >= 11 is 3.41. The Balaban J connectivity index is 1.49. The predicted molar refractivity (Wildman–Crippen MR) is 149 cm³/mol. The van der Waals surface area contributed by atoms with Crippen molar-refractivity contribution in [1.82, 2.24) is 14.8 Å². The molecule has 0 radical (unpaired) electrons. The second kappa shape index (κ2) is 11.9. The molecule has 36 heavy (non-hydrogen) atoms. The lowest BCUT2D eigenvalue weighted by molar-refractivity contribution is -0.132. The van der Waals surface area contributed by atoms with E-state index < -0.39 is 0 Å². The van der Waals surface area contributed by atoms with E-state index >= 15 is 0 Å². The molecule has 1 heterocycles. The van der Waals surface area contributed by atoms with Crippen LogP contribution >= 0.6 is 15.9 Å². The number of rotatable bonds is 9. The molecule has 1 aromatic heterocycles. The Labute approximate surface area is 220 Å². The zero-order chi connectivity index (χ0) is 25.5. The topological polar surface area (TPSA) is 68.4 Å². The van der Waals surface area contributed by atoms with Gasteiger partial charge in [-0.05, 0) is 61.7 Å². The maximum Gasteiger partial charge on any atom is 0.322 e. The van der Waals surface area contributed by atoms with Crippen molar-refractivity contribution in [2.45, 2.75) is 32.9 Å². The first kappa shape index (κ1) is 25.5. The van der Waals surface area contributed by atoms with Gasteiger partial charge in [0.25, 0.3) is 0 Å². The number of nitrogens with zero attached hydrogens (tertiary/aromatic N) is 2. The average molecular weight is 547 g/mol. The minimum Gasteiger partial charge on any atom is -0.361 e. The fraction of sp³-hybridized carbons (Fsp3) is 0.241. The summed E-state index contributed by atoms with van der Waals surface area (Å²) in [5, 5.41) is 4.08. The van der Waals surface area contributed by atoms with Crippen LogP contribution in [0.1, 0.15) is 25.0 Å². The summed E-state index contributed by atoms with van der Waals surface area (Å²) < 4.78 is 0.933. The second-order valence-electron chi connectivity index (χ2n) is 9.07. The van der Waals surface area contributed by atoms with Crippen molar-refractivity contribution in [3.05, 3.63) is 101 Å². The van der Waals surface area contributed by atoms with Crippen LogP contribution < -0.4 is 5.32 Å². The molecular weight excluding hydrogens is 516 g/mol. The van der Waals surface area contributed by atoms with E-state index in [0.717, 1.165) is 22.0 Å².